The normalized spacial score (nSPS) is 12.0. The second-order valence-corrected chi connectivity index (χ2v) is 11.9. The molecular formula is C21H21ClFN3O4S2. The van der Waals surface area contributed by atoms with Crippen molar-refractivity contribution in [2.75, 3.05) is 6.54 Å². The summed E-state index contributed by atoms with van der Waals surface area (Å²) in [5.41, 5.74) is -0.533. The lowest BCUT2D eigenvalue weighted by Crippen LogP contribution is -2.36. The van der Waals surface area contributed by atoms with E-state index in [0.29, 0.717) is 0 Å². The van der Waals surface area contributed by atoms with Crippen molar-refractivity contribution in [2.24, 2.45) is 5.41 Å². The summed E-state index contributed by atoms with van der Waals surface area (Å²) in [6.07, 6.45) is 0.0794. The summed E-state index contributed by atoms with van der Waals surface area (Å²) in [7, 11) is -4.12. The zero-order valence-electron chi connectivity index (χ0n) is 17.5. The summed E-state index contributed by atoms with van der Waals surface area (Å²) in [6, 6.07) is 8.56. The molecule has 1 amide bonds. The number of carboxylic acid groups (broad SMARTS) is 1. The molecule has 0 atom stereocenters. The number of sulfone groups is 1. The van der Waals surface area contributed by atoms with Gasteiger partial charge in [0.05, 0.1) is 17.0 Å². The summed E-state index contributed by atoms with van der Waals surface area (Å²) in [5, 5.41) is 10.1. The number of pyridine rings is 1. The van der Waals surface area contributed by atoms with E-state index in [0.717, 1.165) is 16.2 Å². The van der Waals surface area contributed by atoms with Crippen LogP contribution >= 0.6 is 22.9 Å². The van der Waals surface area contributed by atoms with Gasteiger partial charge in [-0.05, 0) is 35.7 Å². The Morgan fingerprint density at radius 1 is 1.25 bits per heavy atom. The maximum Gasteiger partial charge on any atom is 0.407 e. The number of nitrogens with zero attached hydrogens (tertiary/aromatic N) is 3. The Balaban J connectivity index is 2.15. The van der Waals surface area contributed by atoms with Gasteiger partial charge in [0.1, 0.15) is 10.7 Å². The molecule has 1 N–H and O–H groups in total. The van der Waals surface area contributed by atoms with E-state index < -0.39 is 21.9 Å². The minimum Gasteiger partial charge on any atom is -0.465 e. The number of hydrogen-bond acceptors (Lipinski definition) is 6. The van der Waals surface area contributed by atoms with E-state index >= 15 is 0 Å². The van der Waals surface area contributed by atoms with Crippen LogP contribution in [0, 0.1) is 11.4 Å². The van der Waals surface area contributed by atoms with E-state index in [2.05, 4.69) is 9.97 Å². The van der Waals surface area contributed by atoms with Gasteiger partial charge in [0.25, 0.3) is 0 Å². The highest BCUT2D eigenvalue weighted by Gasteiger charge is 2.30. The van der Waals surface area contributed by atoms with E-state index in [1.54, 1.807) is 0 Å². The first kappa shape index (κ1) is 24.1. The third kappa shape index (κ3) is 5.43. The van der Waals surface area contributed by atoms with E-state index in [-0.39, 0.29) is 48.9 Å². The average molecular weight is 498 g/mol. The third-order valence-corrected chi connectivity index (χ3v) is 7.80. The topological polar surface area (TPSA) is 100 Å². The van der Waals surface area contributed by atoms with Gasteiger partial charge in [0.2, 0.25) is 15.8 Å². The molecule has 0 aliphatic heterocycles. The molecule has 1 aromatic carbocycles. The SMILES string of the molecule is CC(C)(C)CN(Cc1nc(-c2cccnc2F)c(S(=O)(=O)c2cccc(Cl)c2)s1)C(=O)O. The van der Waals surface area contributed by atoms with Crippen LogP contribution in [0.3, 0.4) is 0 Å². The molecule has 2 heterocycles. The van der Waals surface area contributed by atoms with Crippen LogP contribution in [0.2, 0.25) is 5.02 Å². The summed E-state index contributed by atoms with van der Waals surface area (Å²) in [6.45, 7) is 5.72. The van der Waals surface area contributed by atoms with Crippen LogP contribution in [-0.2, 0) is 16.4 Å². The van der Waals surface area contributed by atoms with Crippen LogP contribution in [-0.4, -0.2) is 41.0 Å². The van der Waals surface area contributed by atoms with Gasteiger partial charge in [-0.1, -0.05) is 38.4 Å². The Morgan fingerprint density at radius 2 is 1.97 bits per heavy atom. The highest BCUT2D eigenvalue weighted by molar-refractivity contribution is 7.93. The molecule has 0 unspecified atom stereocenters. The lowest BCUT2D eigenvalue weighted by atomic mass is 9.96. The average Bonchev–Trinajstić information content (AvgIpc) is 3.11. The summed E-state index contributed by atoms with van der Waals surface area (Å²) < 4.78 is 41.0. The Kier molecular flexibility index (Phi) is 6.87. The second-order valence-electron chi connectivity index (χ2n) is 8.25. The van der Waals surface area contributed by atoms with E-state index in [9.17, 15) is 22.7 Å². The first-order chi connectivity index (χ1) is 14.9. The van der Waals surface area contributed by atoms with Gasteiger partial charge in [-0.15, -0.1) is 11.3 Å². The van der Waals surface area contributed by atoms with Crippen molar-refractivity contribution in [3.05, 3.63) is 58.6 Å². The van der Waals surface area contributed by atoms with Crippen molar-refractivity contribution < 1.29 is 22.7 Å². The Hall–Kier alpha value is -2.56. The first-order valence-corrected chi connectivity index (χ1v) is 12.2. The predicted molar refractivity (Wildman–Crippen MR) is 120 cm³/mol. The maximum atomic E-state index is 14.5. The minimum absolute atomic E-state index is 0.0736. The van der Waals surface area contributed by atoms with Crippen molar-refractivity contribution in [3.8, 4) is 11.3 Å². The largest absolute Gasteiger partial charge is 0.465 e. The first-order valence-electron chi connectivity index (χ1n) is 9.47. The maximum absolute atomic E-state index is 14.5. The van der Waals surface area contributed by atoms with Crippen LogP contribution < -0.4 is 0 Å². The van der Waals surface area contributed by atoms with Crippen molar-refractivity contribution >= 4 is 38.9 Å². The highest BCUT2D eigenvalue weighted by atomic mass is 35.5. The molecule has 0 radical (unpaired) electrons. The molecule has 3 aromatic rings. The zero-order chi connectivity index (χ0) is 23.7. The molecule has 7 nitrogen and oxygen atoms in total. The molecule has 0 saturated carbocycles. The number of amides is 1. The molecule has 0 aliphatic carbocycles. The highest BCUT2D eigenvalue weighted by Crippen LogP contribution is 2.37. The molecule has 3 rings (SSSR count). The van der Waals surface area contributed by atoms with Gasteiger partial charge in [0, 0.05) is 17.8 Å². The van der Waals surface area contributed by atoms with Gasteiger partial charge in [-0.3, -0.25) is 0 Å². The molecule has 2 aromatic heterocycles. The fraction of sp³-hybridized carbons (Fsp3) is 0.286. The van der Waals surface area contributed by atoms with Crippen molar-refractivity contribution in [2.45, 2.75) is 36.4 Å². The number of benzene rings is 1. The molecule has 0 fully saturated rings. The Morgan fingerprint density at radius 3 is 2.56 bits per heavy atom. The molecule has 32 heavy (non-hydrogen) atoms. The van der Waals surface area contributed by atoms with E-state index in [1.807, 2.05) is 20.8 Å². The molecule has 0 spiro atoms. The Labute approximate surface area is 194 Å². The monoisotopic (exact) mass is 497 g/mol. The van der Waals surface area contributed by atoms with Crippen LogP contribution in [0.25, 0.3) is 11.3 Å². The molecule has 0 bridgehead atoms. The van der Waals surface area contributed by atoms with E-state index in [4.69, 9.17) is 11.6 Å². The number of hydrogen-bond donors (Lipinski definition) is 1. The number of halogens is 2. The summed E-state index contributed by atoms with van der Waals surface area (Å²) in [4.78, 5) is 20.7. The fourth-order valence-corrected chi connectivity index (χ4v) is 6.26. The molecule has 170 valence electrons. The molecule has 11 heteroatoms. The minimum atomic E-state index is -4.12. The van der Waals surface area contributed by atoms with Gasteiger partial charge in [-0.2, -0.15) is 4.39 Å². The smallest absolute Gasteiger partial charge is 0.407 e. The fourth-order valence-electron chi connectivity index (χ4n) is 3.00. The number of rotatable bonds is 6. The van der Waals surface area contributed by atoms with E-state index in [1.165, 1.54) is 42.6 Å². The number of aromatic nitrogens is 2. The van der Waals surface area contributed by atoms with Crippen molar-refractivity contribution in [3.63, 3.8) is 0 Å². The van der Waals surface area contributed by atoms with Crippen molar-refractivity contribution in [1.82, 2.24) is 14.9 Å². The summed E-state index contributed by atoms with van der Waals surface area (Å²) in [5.74, 6) is -0.878. The predicted octanol–water partition coefficient (Wildman–Crippen LogP) is 5.36. The van der Waals surface area contributed by atoms with Gasteiger partial charge >= 0.3 is 6.09 Å². The van der Waals surface area contributed by atoms with Crippen LogP contribution in [0.1, 0.15) is 25.8 Å². The summed E-state index contributed by atoms with van der Waals surface area (Å²) >= 11 is 6.77. The lowest BCUT2D eigenvalue weighted by molar-refractivity contribution is 0.123. The lowest BCUT2D eigenvalue weighted by Gasteiger charge is -2.27. The number of carbonyl (C=O) groups is 1. The standard InChI is InChI=1S/C21H21ClFN3O4S2/c1-21(2,3)12-26(20(27)28)11-16-25-17(15-8-5-9-24-18(15)23)19(31-16)32(29,30)14-7-4-6-13(22)10-14/h4-10H,11-12H2,1-3H3,(H,27,28). The third-order valence-electron chi connectivity index (χ3n) is 4.27. The van der Waals surface area contributed by atoms with Crippen LogP contribution in [0.15, 0.2) is 51.7 Å². The number of thiazole rings is 1. The zero-order valence-corrected chi connectivity index (χ0v) is 19.9. The molecule has 0 aliphatic rings. The second kappa shape index (κ2) is 9.13. The van der Waals surface area contributed by atoms with Crippen molar-refractivity contribution in [1.29, 1.82) is 0 Å². The van der Waals surface area contributed by atoms with Crippen LogP contribution in [0.5, 0.6) is 0 Å². The van der Waals surface area contributed by atoms with Crippen LogP contribution in [0.4, 0.5) is 9.18 Å². The molecular weight excluding hydrogens is 477 g/mol. The quantitative estimate of drug-likeness (QED) is 0.460. The van der Waals surface area contributed by atoms with Gasteiger partial charge in [0.15, 0.2) is 4.21 Å². The van der Waals surface area contributed by atoms with Gasteiger partial charge in [-0.25, -0.2) is 23.2 Å². The Bertz CT molecular complexity index is 1260. The molecule has 0 saturated heterocycles. The van der Waals surface area contributed by atoms with Gasteiger partial charge < -0.3 is 10.0 Å².